The molecule has 0 spiro atoms. The Hall–Kier alpha value is -0.850. The normalized spacial score (nSPS) is 23.0. The number of guanidine groups is 1. The van der Waals surface area contributed by atoms with E-state index in [4.69, 9.17) is 4.74 Å². The lowest BCUT2D eigenvalue weighted by Crippen LogP contribution is -2.58. The molecule has 2 aliphatic heterocycles. The van der Waals surface area contributed by atoms with E-state index in [1.165, 1.54) is 45.3 Å². The average molecular weight is 354 g/mol. The Labute approximate surface area is 154 Å². The standard InChI is InChI=1S/C19H39N5O/c1-5-6-11-24-12-7-17(8-13-24)22-18(20-2)21-16-19(23(3)4)9-14-25-15-10-19/h17H,5-16H2,1-4H3,(H2,20,21,22). The maximum atomic E-state index is 5.56. The smallest absolute Gasteiger partial charge is 0.191 e. The lowest BCUT2D eigenvalue weighted by molar-refractivity contribution is -0.00504. The first-order valence-electron chi connectivity index (χ1n) is 10.0. The van der Waals surface area contributed by atoms with Gasteiger partial charge in [0.25, 0.3) is 0 Å². The second kappa shape index (κ2) is 10.3. The van der Waals surface area contributed by atoms with Gasteiger partial charge in [-0.15, -0.1) is 0 Å². The number of nitrogens with one attached hydrogen (secondary N) is 2. The second-order valence-electron chi connectivity index (χ2n) is 7.77. The molecule has 0 aromatic rings. The number of hydrogen-bond donors (Lipinski definition) is 2. The van der Waals surface area contributed by atoms with Crippen LogP contribution in [0.3, 0.4) is 0 Å². The van der Waals surface area contributed by atoms with Crippen LogP contribution in [0.4, 0.5) is 0 Å². The third kappa shape index (κ3) is 6.12. The molecule has 6 nitrogen and oxygen atoms in total. The molecule has 0 atom stereocenters. The van der Waals surface area contributed by atoms with Gasteiger partial charge in [0.2, 0.25) is 0 Å². The highest BCUT2D eigenvalue weighted by Gasteiger charge is 2.35. The first-order chi connectivity index (χ1) is 12.1. The zero-order valence-corrected chi connectivity index (χ0v) is 16.8. The van der Waals surface area contributed by atoms with E-state index in [1.54, 1.807) is 0 Å². The molecular formula is C19H39N5O. The van der Waals surface area contributed by atoms with Crippen molar-refractivity contribution in [1.29, 1.82) is 0 Å². The van der Waals surface area contributed by atoms with Crippen LogP contribution in [0.5, 0.6) is 0 Å². The van der Waals surface area contributed by atoms with Gasteiger partial charge in [-0.05, 0) is 52.7 Å². The third-order valence-corrected chi connectivity index (χ3v) is 5.94. The summed E-state index contributed by atoms with van der Waals surface area (Å²) < 4.78 is 5.56. The molecule has 0 bridgehead atoms. The maximum Gasteiger partial charge on any atom is 0.191 e. The molecule has 2 fully saturated rings. The fraction of sp³-hybridized carbons (Fsp3) is 0.947. The highest BCUT2D eigenvalue weighted by molar-refractivity contribution is 5.80. The maximum absolute atomic E-state index is 5.56. The van der Waals surface area contributed by atoms with Crippen LogP contribution in [-0.2, 0) is 4.74 Å². The number of likely N-dealkylation sites (N-methyl/N-ethyl adjacent to an activating group) is 1. The molecule has 2 N–H and O–H groups in total. The molecule has 0 aliphatic carbocycles. The van der Waals surface area contributed by atoms with E-state index in [0.717, 1.165) is 38.6 Å². The molecule has 0 saturated carbocycles. The second-order valence-corrected chi connectivity index (χ2v) is 7.77. The molecule has 2 heterocycles. The minimum atomic E-state index is 0.166. The van der Waals surface area contributed by atoms with Gasteiger partial charge in [-0.3, -0.25) is 4.99 Å². The highest BCUT2D eigenvalue weighted by atomic mass is 16.5. The number of likely N-dealkylation sites (tertiary alicyclic amines) is 1. The van der Waals surface area contributed by atoms with E-state index >= 15 is 0 Å². The summed E-state index contributed by atoms with van der Waals surface area (Å²) in [6.45, 7) is 8.54. The van der Waals surface area contributed by atoms with Crippen molar-refractivity contribution in [2.24, 2.45) is 4.99 Å². The van der Waals surface area contributed by atoms with E-state index in [0.29, 0.717) is 6.04 Å². The molecule has 0 aromatic heterocycles. The van der Waals surface area contributed by atoms with E-state index in [9.17, 15) is 0 Å². The number of ether oxygens (including phenoxy) is 1. The summed E-state index contributed by atoms with van der Waals surface area (Å²) in [4.78, 5) is 9.40. The Morgan fingerprint density at radius 1 is 1.24 bits per heavy atom. The van der Waals surface area contributed by atoms with Gasteiger partial charge in [0.05, 0.1) is 0 Å². The van der Waals surface area contributed by atoms with Crippen molar-refractivity contribution < 1.29 is 4.74 Å². The minimum absolute atomic E-state index is 0.166. The first kappa shape index (κ1) is 20.5. The van der Waals surface area contributed by atoms with Crippen molar-refractivity contribution in [3.63, 3.8) is 0 Å². The van der Waals surface area contributed by atoms with Crippen LogP contribution in [0, 0.1) is 0 Å². The van der Waals surface area contributed by atoms with Gasteiger partial charge in [0, 0.05) is 51.5 Å². The number of rotatable bonds is 7. The first-order valence-corrected chi connectivity index (χ1v) is 10.0. The Kier molecular flexibility index (Phi) is 8.46. The SMILES string of the molecule is CCCCN1CCC(NC(=NC)NCC2(N(C)C)CCOCC2)CC1. The lowest BCUT2D eigenvalue weighted by atomic mass is 9.88. The largest absolute Gasteiger partial charge is 0.381 e. The van der Waals surface area contributed by atoms with Crippen LogP contribution >= 0.6 is 0 Å². The summed E-state index contributed by atoms with van der Waals surface area (Å²) in [6.07, 6.45) is 7.15. The summed E-state index contributed by atoms with van der Waals surface area (Å²) in [7, 11) is 6.22. The molecule has 0 radical (unpaired) electrons. The van der Waals surface area contributed by atoms with Crippen LogP contribution in [-0.4, -0.2) is 87.9 Å². The van der Waals surface area contributed by atoms with Crippen molar-refractivity contribution in [2.75, 3.05) is 60.5 Å². The summed E-state index contributed by atoms with van der Waals surface area (Å²) in [5.74, 6) is 0.944. The van der Waals surface area contributed by atoms with Gasteiger partial charge < -0.3 is 25.2 Å². The third-order valence-electron chi connectivity index (χ3n) is 5.94. The van der Waals surface area contributed by atoms with Crippen molar-refractivity contribution in [2.45, 2.75) is 57.0 Å². The summed E-state index contributed by atoms with van der Waals surface area (Å²) in [6, 6.07) is 0.536. The molecule has 2 saturated heterocycles. The molecular weight excluding hydrogens is 314 g/mol. The summed E-state index contributed by atoms with van der Waals surface area (Å²) in [5.41, 5.74) is 0.166. The Morgan fingerprint density at radius 2 is 1.92 bits per heavy atom. The van der Waals surface area contributed by atoms with Crippen LogP contribution in [0.15, 0.2) is 4.99 Å². The quantitative estimate of drug-likeness (QED) is 0.537. The van der Waals surface area contributed by atoms with Crippen molar-refractivity contribution >= 4 is 5.96 Å². The summed E-state index contributed by atoms with van der Waals surface area (Å²) >= 11 is 0. The topological polar surface area (TPSA) is 52.1 Å². The van der Waals surface area contributed by atoms with Crippen LogP contribution in [0.2, 0.25) is 0 Å². The minimum Gasteiger partial charge on any atom is -0.381 e. The number of aliphatic imine (C=N–C) groups is 1. The average Bonchev–Trinajstić information content (AvgIpc) is 2.65. The van der Waals surface area contributed by atoms with Gasteiger partial charge >= 0.3 is 0 Å². The van der Waals surface area contributed by atoms with E-state index in [2.05, 4.69) is 46.4 Å². The van der Waals surface area contributed by atoms with Gasteiger partial charge in [-0.25, -0.2) is 0 Å². The number of nitrogens with zero attached hydrogens (tertiary/aromatic N) is 3. The Morgan fingerprint density at radius 3 is 2.48 bits per heavy atom. The van der Waals surface area contributed by atoms with Crippen molar-refractivity contribution in [3.8, 4) is 0 Å². The van der Waals surface area contributed by atoms with Gasteiger partial charge in [0.15, 0.2) is 5.96 Å². The van der Waals surface area contributed by atoms with Gasteiger partial charge in [-0.2, -0.15) is 0 Å². The van der Waals surface area contributed by atoms with Crippen LogP contribution < -0.4 is 10.6 Å². The predicted molar refractivity (Wildman–Crippen MR) is 105 cm³/mol. The van der Waals surface area contributed by atoms with Gasteiger partial charge in [-0.1, -0.05) is 13.3 Å². The van der Waals surface area contributed by atoms with Gasteiger partial charge in [0.1, 0.15) is 0 Å². The van der Waals surface area contributed by atoms with Crippen LogP contribution in [0.1, 0.15) is 45.4 Å². The van der Waals surface area contributed by atoms with E-state index < -0.39 is 0 Å². The molecule has 0 aromatic carbocycles. The number of hydrogen-bond acceptors (Lipinski definition) is 4. The lowest BCUT2D eigenvalue weighted by Gasteiger charge is -2.43. The molecule has 2 rings (SSSR count). The van der Waals surface area contributed by atoms with Crippen LogP contribution in [0.25, 0.3) is 0 Å². The Balaban J connectivity index is 1.77. The number of piperidine rings is 1. The fourth-order valence-corrected chi connectivity index (χ4v) is 3.85. The molecule has 146 valence electrons. The van der Waals surface area contributed by atoms with Crippen molar-refractivity contribution in [1.82, 2.24) is 20.4 Å². The predicted octanol–water partition coefficient (Wildman–Crippen LogP) is 1.53. The fourth-order valence-electron chi connectivity index (χ4n) is 3.85. The highest BCUT2D eigenvalue weighted by Crippen LogP contribution is 2.25. The van der Waals surface area contributed by atoms with E-state index in [-0.39, 0.29) is 5.54 Å². The van der Waals surface area contributed by atoms with E-state index in [1.807, 2.05) is 7.05 Å². The monoisotopic (exact) mass is 353 g/mol. The molecule has 0 amide bonds. The zero-order chi connectivity index (χ0) is 18.1. The zero-order valence-electron chi connectivity index (χ0n) is 16.8. The summed E-state index contributed by atoms with van der Waals surface area (Å²) in [5, 5.41) is 7.22. The molecule has 2 aliphatic rings. The molecule has 0 unspecified atom stereocenters. The molecule has 6 heteroatoms. The van der Waals surface area contributed by atoms with Crippen molar-refractivity contribution in [3.05, 3.63) is 0 Å². The number of unbranched alkanes of at least 4 members (excludes halogenated alkanes) is 1. The Bertz CT molecular complexity index is 399. The molecule has 25 heavy (non-hydrogen) atoms.